The van der Waals surface area contributed by atoms with Crippen molar-refractivity contribution in [3.63, 3.8) is 0 Å². The molecule has 0 amide bonds. The van der Waals surface area contributed by atoms with Crippen LogP contribution < -0.4 is 0 Å². The fourth-order valence-corrected chi connectivity index (χ4v) is 6.08. The third kappa shape index (κ3) is 2.22. The fraction of sp³-hybridized carbons (Fsp3) is 0.571. The molecule has 0 saturated heterocycles. The van der Waals surface area contributed by atoms with Gasteiger partial charge in [-0.3, -0.25) is 4.79 Å². The number of hydrogen-bond donors (Lipinski definition) is 1. The van der Waals surface area contributed by atoms with Crippen molar-refractivity contribution < 1.29 is 9.90 Å². The lowest BCUT2D eigenvalue weighted by molar-refractivity contribution is -0.138. The molecule has 92 valence electrons. The number of carboxylic acid groups (broad SMARTS) is 1. The van der Waals surface area contributed by atoms with Crippen molar-refractivity contribution in [1.82, 2.24) is 0 Å². The Bertz CT molecular complexity index is 362. The van der Waals surface area contributed by atoms with E-state index in [9.17, 15) is 9.90 Å². The molecule has 0 radical (unpaired) electrons. The van der Waals surface area contributed by atoms with Crippen molar-refractivity contribution >= 4 is 117 Å². The van der Waals surface area contributed by atoms with E-state index in [0.29, 0.717) is 0 Å². The molecule has 1 N–H and O–H groups in total. The molecule has 0 aromatic carbocycles. The second-order valence-electron chi connectivity index (χ2n) is 3.12. The molecule has 0 aromatic rings. The minimum atomic E-state index is -1.31. The topological polar surface area (TPSA) is 37.3 Å². The number of alkyl halides is 7. The van der Waals surface area contributed by atoms with Crippen LogP contribution >= 0.6 is 112 Å². The van der Waals surface area contributed by atoms with Crippen LogP contribution in [0.15, 0.2) is 12.2 Å². The highest BCUT2D eigenvalue weighted by Crippen LogP contribution is 2.68. The maximum absolute atomic E-state index is 11.4. The number of hydrogen-bond acceptors (Lipinski definition) is 1. The van der Waals surface area contributed by atoms with Gasteiger partial charge in [0.05, 0.1) is 0 Å². The smallest absolute Gasteiger partial charge is 0.326 e. The molecule has 0 fully saturated rings. The average Bonchev–Trinajstić information content (AvgIpc) is 2.11. The predicted molar refractivity (Wildman–Crippen MR) is 90.2 cm³/mol. The molecule has 0 heterocycles. The van der Waals surface area contributed by atoms with E-state index in [1.807, 2.05) is 0 Å². The van der Waals surface area contributed by atoms with E-state index in [-0.39, 0.29) is 0 Å². The van der Waals surface area contributed by atoms with Crippen molar-refractivity contribution in [2.45, 2.75) is 14.0 Å². The quantitative estimate of drug-likeness (QED) is 0.305. The van der Waals surface area contributed by atoms with Gasteiger partial charge in [-0.05, 0) is 0 Å². The summed E-state index contributed by atoms with van der Waals surface area (Å²) in [5.41, 5.74) is 0. The summed E-state index contributed by atoms with van der Waals surface area (Å²) in [4.78, 5) is 11.4. The summed E-state index contributed by atoms with van der Waals surface area (Å²) in [6.07, 6.45) is 3.24. The lowest BCUT2D eigenvalue weighted by atomic mass is 9.95. The number of allylic oxidation sites excluding steroid dienone is 1. The van der Waals surface area contributed by atoms with E-state index >= 15 is 0 Å². The predicted octanol–water partition coefficient (Wildman–Crippen LogP) is 5.23. The Hall–Kier alpha value is 2.57. The van der Waals surface area contributed by atoms with Crippen LogP contribution in [0.1, 0.15) is 0 Å². The van der Waals surface area contributed by atoms with Gasteiger partial charge in [0.2, 0.25) is 0 Å². The van der Waals surface area contributed by atoms with E-state index in [1.165, 1.54) is 0 Å². The Labute approximate surface area is 151 Å². The highest BCUT2D eigenvalue weighted by Gasteiger charge is 2.69. The first-order chi connectivity index (χ1) is 6.90. The van der Waals surface area contributed by atoms with Crippen LogP contribution in [0.5, 0.6) is 0 Å². The third-order valence-electron chi connectivity index (χ3n) is 2.10. The molecule has 0 aromatic heterocycles. The lowest BCUT2D eigenvalue weighted by Crippen LogP contribution is -2.62. The third-order valence-corrected chi connectivity index (χ3v) is 15.2. The van der Waals surface area contributed by atoms with E-state index in [0.717, 1.165) is 0 Å². The number of carboxylic acids is 1. The van der Waals surface area contributed by atoms with Gasteiger partial charge in [-0.15, -0.1) is 0 Å². The first-order valence-electron chi connectivity index (χ1n) is 3.66. The van der Waals surface area contributed by atoms with Gasteiger partial charge in [0.15, 0.2) is 4.32 Å². The Kier molecular flexibility index (Phi) is 5.03. The second-order valence-corrected chi connectivity index (χ2v) is 14.8. The van der Waals surface area contributed by atoms with Crippen LogP contribution in [-0.2, 0) is 4.79 Å². The van der Waals surface area contributed by atoms with Crippen molar-refractivity contribution in [3.05, 3.63) is 12.2 Å². The summed E-state index contributed by atoms with van der Waals surface area (Å²) in [5, 5.41) is 9.31. The summed E-state index contributed by atoms with van der Waals surface area (Å²) in [7, 11) is 0. The van der Waals surface area contributed by atoms with Gasteiger partial charge in [-0.2, -0.15) is 0 Å². The molecular formula is C7H3Br7O2. The highest BCUT2D eigenvalue weighted by atomic mass is 79.9. The van der Waals surface area contributed by atoms with Crippen molar-refractivity contribution in [3.8, 4) is 0 Å². The van der Waals surface area contributed by atoms with Gasteiger partial charge in [0, 0.05) is 0 Å². The molecule has 1 rings (SSSR count). The largest absolute Gasteiger partial charge is 0.480 e. The van der Waals surface area contributed by atoms with Crippen LogP contribution in [0.25, 0.3) is 0 Å². The van der Waals surface area contributed by atoms with Crippen molar-refractivity contribution in [2.24, 2.45) is 0 Å². The van der Waals surface area contributed by atoms with Gasteiger partial charge in [-0.25, -0.2) is 0 Å². The van der Waals surface area contributed by atoms with Crippen LogP contribution in [0.4, 0.5) is 0 Å². The Balaban J connectivity index is 3.49. The molecule has 1 atom stereocenters. The first kappa shape index (κ1) is 16.6. The molecule has 0 saturated carbocycles. The monoisotopic (exact) mass is 671 g/mol. The summed E-state index contributed by atoms with van der Waals surface area (Å²) in [6, 6.07) is 0. The number of carbonyl (C=O) groups is 1. The van der Waals surface area contributed by atoms with Gasteiger partial charge in [0.25, 0.3) is 0 Å². The van der Waals surface area contributed by atoms with E-state index in [4.69, 9.17) is 0 Å². The fourth-order valence-electron chi connectivity index (χ4n) is 1.07. The molecule has 0 spiro atoms. The Morgan fingerprint density at radius 3 is 1.69 bits per heavy atom. The van der Waals surface area contributed by atoms with Crippen molar-refractivity contribution in [1.29, 1.82) is 0 Å². The van der Waals surface area contributed by atoms with Crippen molar-refractivity contribution in [2.75, 3.05) is 0 Å². The number of halogens is 7. The number of aliphatic carboxylic acids is 1. The van der Waals surface area contributed by atoms with E-state index in [2.05, 4.69) is 112 Å². The molecule has 0 aliphatic heterocycles. The summed E-state index contributed by atoms with van der Waals surface area (Å²) >= 11 is 23.9. The summed E-state index contributed by atoms with van der Waals surface area (Å²) in [6.45, 7) is 0. The molecule has 1 aliphatic rings. The van der Waals surface area contributed by atoms with Crippen LogP contribution in [0, 0.1) is 0 Å². The summed E-state index contributed by atoms with van der Waals surface area (Å²) < 4.78 is -3.82. The minimum absolute atomic E-state index is 0.660. The normalized spacial score (nSPS) is 34.7. The zero-order valence-corrected chi connectivity index (χ0v) is 18.3. The molecule has 2 nitrogen and oxygen atoms in total. The molecule has 9 heteroatoms. The molecule has 1 aliphatic carbocycles. The molecule has 0 bridgehead atoms. The highest BCUT2D eigenvalue weighted by molar-refractivity contribution is 9.33. The number of rotatable bonds is 1. The van der Waals surface area contributed by atoms with E-state index < -0.39 is 20.0 Å². The van der Waals surface area contributed by atoms with Gasteiger partial charge in [0.1, 0.15) is 9.70 Å². The van der Waals surface area contributed by atoms with Crippen LogP contribution in [-0.4, -0.2) is 25.1 Å². The first-order valence-corrected chi connectivity index (χ1v) is 9.21. The van der Waals surface area contributed by atoms with Gasteiger partial charge in [-0.1, -0.05) is 124 Å². The standard InChI is InChI=1S/C7H3Br7O2/c8-4(3(15)16)1-2-5(9,10)7(13,14)6(4,11)12/h1-2H,(H,15,16). The van der Waals surface area contributed by atoms with Crippen LogP contribution in [0.2, 0.25) is 0 Å². The average molecular weight is 678 g/mol. The zero-order chi connectivity index (χ0) is 13.0. The zero-order valence-electron chi connectivity index (χ0n) is 7.16. The van der Waals surface area contributed by atoms with E-state index in [1.54, 1.807) is 12.2 Å². The minimum Gasteiger partial charge on any atom is -0.480 e. The van der Waals surface area contributed by atoms with Gasteiger partial charge >= 0.3 is 5.97 Å². The van der Waals surface area contributed by atoms with Crippen LogP contribution in [0.3, 0.4) is 0 Å². The Morgan fingerprint density at radius 1 is 0.875 bits per heavy atom. The van der Waals surface area contributed by atoms with Gasteiger partial charge < -0.3 is 5.11 Å². The molecule has 16 heavy (non-hydrogen) atoms. The lowest BCUT2D eigenvalue weighted by Gasteiger charge is -2.50. The molecular weight excluding hydrogens is 675 g/mol. The molecule has 1 unspecified atom stereocenters. The second kappa shape index (κ2) is 4.84. The maximum atomic E-state index is 11.4. The Morgan fingerprint density at radius 2 is 1.31 bits per heavy atom. The SMILES string of the molecule is O=C(O)C1(Br)C=CC(Br)(Br)C(Br)(Br)C1(Br)Br. The summed E-state index contributed by atoms with van der Waals surface area (Å²) in [5.74, 6) is -1.02. The maximum Gasteiger partial charge on any atom is 0.326 e.